The second-order valence-corrected chi connectivity index (χ2v) is 6.15. The van der Waals surface area contributed by atoms with E-state index in [4.69, 9.17) is 0 Å². The van der Waals surface area contributed by atoms with Gasteiger partial charge in [0.05, 0.1) is 6.42 Å². The highest BCUT2D eigenvalue weighted by Crippen LogP contribution is 2.13. The Morgan fingerprint density at radius 2 is 1.71 bits per heavy atom. The van der Waals surface area contributed by atoms with E-state index in [9.17, 15) is 14.4 Å². The Morgan fingerprint density at radius 1 is 1.00 bits per heavy atom. The predicted octanol–water partition coefficient (Wildman–Crippen LogP) is 1.80. The zero-order chi connectivity index (χ0) is 17.4. The summed E-state index contributed by atoms with van der Waals surface area (Å²) in [5.74, 6) is -0.450. The van der Waals surface area contributed by atoms with Gasteiger partial charge in [-0.25, -0.2) is 0 Å². The molecule has 24 heavy (non-hydrogen) atoms. The van der Waals surface area contributed by atoms with Crippen LogP contribution in [0.2, 0.25) is 0 Å². The molecule has 0 aliphatic carbocycles. The molecule has 2 rings (SSSR count). The van der Waals surface area contributed by atoms with Crippen molar-refractivity contribution in [3.63, 3.8) is 0 Å². The van der Waals surface area contributed by atoms with Gasteiger partial charge < -0.3 is 16.0 Å². The van der Waals surface area contributed by atoms with Crippen LogP contribution in [0.1, 0.15) is 22.2 Å². The van der Waals surface area contributed by atoms with Gasteiger partial charge in [0.15, 0.2) is 0 Å². The van der Waals surface area contributed by atoms with Crippen LogP contribution in [0.5, 0.6) is 0 Å². The number of thiophene rings is 1. The van der Waals surface area contributed by atoms with Crippen LogP contribution in [0.4, 0.5) is 5.69 Å². The normalized spacial score (nSPS) is 10.0. The zero-order valence-corrected chi connectivity index (χ0v) is 14.1. The SMILES string of the molecule is CC(=O)NCCNC(=O)c1ccc(NC(=O)Cc2cccs2)cc1. The molecule has 0 saturated heterocycles. The number of carbonyl (C=O) groups is 3. The van der Waals surface area contributed by atoms with E-state index in [2.05, 4.69) is 16.0 Å². The van der Waals surface area contributed by atoms with E-state index in [1.165, 1.54) is 18.3 Å². The number of amides is 3. The van der Waals surface area contributed by atoms with Crippen LogP contribution in [-0.2, 0) is 16.0 Å². The molecule has 6 nitrogen and oxygen atoms in total. The molecule has 0 aliphatic heterocycles. The molecular weight excluding hydrogens is 326 g/mol. The Bertz CT molecular complexity index is 696. The Labute approximate surface area is 144 Å². The summed E-state index contributed by atoms with van der Waals surface area (Å²) in [5, 5.41) is 10.0. The van der Waals surface area contributed by atoms with Crippen LogP contribution in [0, 0.1) is 0 Å². The van der Waals surface area contributed by atoms with Crippen molar-refractivity contribution in [2.45, 2.75) is 13.3 Å². The Balaban J connectivity index is 1.80. The first kappa shape index (κ1) is 17.7. The molecule has 0 saturated carbocycles. The Morgan fingerprint density at radius 3 is 2.33 bits per heavy atom. The topological polar surface area (TPSA) is 87.3 Å². The second kappa shape index (κ2) is 8.83. The number of nitrogens with one attached hydrogen (secondary N) is 3. The van der Waals surface area contributed by atoms with Crippen molar-refractivity contribution in [3.8, 4) is 0 Å². The van der Waals surface area contributed by atoms with Crippen molar-refractivity contribution in [3.05, 3.63) is 52.2 Å². The summed E-state index contributed by atoms with van der Waals surface area (Å²) in [5.41, 5.74) is 1.14. The average molecular weight is 345 g/mol. The average Bonchev–Trinajstić information content (AvgIpc) is 3.04. The van der Waals surface area contributed by atoms with Gasteiger partial charge in [0.25, 0.3) is 5.91 Å². The minimum atomic E-state index is -0.225. The van der Waals surface area contributed by atoms with Crippen LogP contribution in [0.3, 0.4) is 0 Å². The molecule has 3 N–H and O–H groups in total. The Hall–Kier alpha value is -2.67. The minimum absolute atomic E-state index is 0.0926. The maximum Gasteiger partial charge on any atom is 0.251 e. The molecule has 0 aliphatic rings. The van der Waals surface area contributed by atoms with Crippen LogP contribution >= 0.6 is 11.3 Å². The molecular formula is C17H19N3O3S. The first-order valence-corrected chi connectivity index (χ1v) is 8.37. The molecule has 126 valence electrons. The van der Waals surface area contributed by atoms with E-state index in [1.807, 2.05) is 17.5 Å². The fourth-order valence-electron chi connectivity index (χ4n) is 2.00. The summed E-state index contributed by atoms with van der Waals surface area (Å²) in [4.78, 5) is 35.6. The lowest BCUT2D eigenvalue weighted by Gasteiger charge is -2.07. The summed E-state index contributed by atoms with van der Waals surface area (Å²) in [6.07, 6.45) is 0.336. The van der Waals surface area contributed by atoms with Crippen LogP contribution in [0.15, 0.2) is 41.8 Å². The minimum Gasteiger partial charge on any atom is -0.355 e. The molecule has 1 heterocycles. The van der Waals surface area contributed by atoms with Gasteiger partial charge in [0, 0.05) is 36.1 Å². The number of hydrogen-bond donors (Lipinski definition) is 3. The number of rotatable bonds is 7. The zero-order valence-electron chi connectivity index (χ0n) is 13.3. The highest BCUT2D eigenvalue weighted by molar-refractivity contribution is 7.10. The predicted molar refractivity (Wildman–Crippen MR) is 94.1 cm³/mol. The summed E-state index contributed by atoms with van der Waals surface area (Å²) < 4.78 is 0. The summed E-state index contributed by atoms with van der Waals surface area (Å²) >= 11 is 1.54. The maximum absolute atomic E-state index is 11.9. The maximum atomic E-state index is 11.9. The number of anilines is 1. The van der Waals surface area contributed by atoms with E-state index >= 15 is 0 Å². The van der Waals surface area contributed by atoms with Crippen LogP contribution in [-0.4, -0.2) is 30.8 Å². The van der Waals surface area contributed by atoms with Crippen LogP contribution < -0.4 is 16.0 Å². The van der Waals surface area contributed by atoms with Gasteiger partial charge in [-0.3, -0.25) is 14.4 Å². The van der Waals surface area contributed by atoms with E-state index in [1.54, 1.807) is 24.3 Å². The molecule has 2 aromatic rings. The van der Waals surface area contributed by atoms with Crippen molar-refractivity contribution >= 4 is 34.7 Å². The first-order chi connectivity index (χ1) is 11.5. The van der Waals surface area contributed by atoms with E-state index in [0.717, 1.165) is 4.88 Å². The third-order valence-electron chi connectivity index (χ3n) is 3.13. The van der Waals surface area contributed by atoms with Gasteiger partial charge in [0.1, 0.15) is 0 Å². The van der Waals surface area contributed by atoms with E-state index < -0.39 is 0 Å². The fraction of sp³-hybridized carbons (Fsp3) is 0.235. The number of benzene rings is 1. The summed E-state index contributed by atoms with van der Waals surface area (Å²) in [7, 11) is 0. The molecule has 0 fully saturated rings. The standard InChI is InChI=1S/C17H19N3O3S/c1-12(21)18-8-9-19-17(23)13-4-6-14(7-5-13)20-16(22)11-15-3-2-10-24-15/h2-7,10H,8-9,11H2,1H3,(H,18,21)(H,19,23)(H,20,22). The van der Waals surface area contributed by atoms with Gasteiger partial charge in [-0.05, 0) is 35.7 Å². The highest BCUT2D eigenvalue weighted by atomic mass is 32.1. The third-order valence-corrected chi connectivity index (χ3v) is 4.01. The van der Waals surface area contributed by atoms with Crippen molar-refractivity contribution in [2.24, 2.45) is 0 Å². The number of carbonyl (C=O) groups excluding carboxylic acids is 3. The number of hydrogen-bond acceptors (Lipinski definition) is 4. The lowest BCUT2D eigenvalue weighted by Crippen LogP contribution is -2.33. The van der Waals surface area contributed by atoms with Gasteiger partial charge in [-0.1, -0.05) is 6.07 Å². The van der Waals surface area contributed by atoms with Crippen LogP contribution in [0.25, 0.3) is 0 Å². The molecule has 7 heteroatoms. The van der Waals surface area contributed by atoms with Crippen molar-refractivity contribution < 1.29 is 14.4 Å². The lowest BCUT2D eigenvalue weighted by molar-refractivity contribution is -0.119. The molecule has 0 atom stereocenters. The molecule has 0 unspecified atom stereocenters. The summed E-state index contributed by atoms with van der Waals surface area (Å²) in [6, 6.07) is 10.5. The molecule has 1 aromatic heterocycles. The fourth-order valence-corrected chi connectivity index (χ4v) is 2.70. The molecule has 1 aromatic carbocycles. The quantitative estimate of drug-likeness (QED) is 0.669. The van der Waals surface area contributed by atoms with Gasteiger partial charge in [0.2, 0.25) is 11.8 Å². The van der Waals surface area contributed by atoms with Crippen molar-refractivity contribution in [1.82, 2.24) is 10.6 Å². The van der Waals surface area contributed by atoms with Gasteiger partial charge in [-0.2, -0.15) is 0 Å². The van der Waals surface area contributed by atoms with Crippen molar-refractivity contribution in [1.29, 1.82) is 0 Å². The van der Waals surface area contributed by atoms with Gasteiger partial charge >= 0.3 is 0 Å². The highest BCUT2D eigenvalue weighted by Gasteiger charge is 2.07. The largest absolute Gasteiger partial charge is 0.355 e. The molecule has 3 amide bonds. The molecule has 0 spiro atoms. The third kappa shape index (κ3) is 5.85. The summed E-state index contributed by atoms with van der Waals surface area (Å²) in [6.45, 7) is 2.17. The van der Waals surface area contributed by atoms with Crippen molar-refractivity contribution in [2.75, 3.05) is 18.4 Å². The van der Waals surface area contributed by atoms with Gasteiger partial charge in [-0.15, -0.1) is 11.3 Å². The first-order valence-electron chi connectivity index (χ1n) is 7.49. The smallest absolute Gasteiger partial charge is 0.251 e. The second-order valence-electron chi connectivity index (χ2n) is 5.12. The molecule has 0 bridgehead atoms. The lowest BCUT2D eigenvalue weighted by atomic mass is 10.2. The van der Waals surface area contributed by atoms with E-state index in [-0.39, 0.29) is 17.7 Å². The monoisotopic (exact) mass is 345 g/mol. The molecule has 0 radical (unpaired) electrons. The Kier molecular flexibility index (Phi) is 6.51. The van der Waals surface area contributed by atoms with E-state index in [0.29, 0.717) is 30.8 Å².